The number of hydrogen-bond acceptors (Lipinski definition) is 20. The molecule has 2 amide bonds. The number of hydrogen-bond donors (Lipinski definition) is 14. The molecule has 0 aromatic rings. The topological polar surface area (TPSA) is 373 Å². The Balaban J connectivity index is 1.36. The Labute approximate surface area is 612 Å². The van der Waals surface area contributed by atoms with Crippen molar-refractivity contribution in [3.8, 4) is 0 Å². The van der Waals surface area contributed by atoms with E-state index in [-0.39, 0.29) is 12.3 Å². The minimum Gasteiger partial charge on any atom is -0.477 e. The van der Waals surface area contributed by atoms with Gasteiger partial charge < -0.3 is 100 Å². The second-order valence-electron chi connectivity index (χ2n) is 29.3. The zero-order valence-electron chi connectivity index (χ0n) is 63.0. The Hall–Kier alpha value is -3.05. The monoisotopic (exact) mass is 1460 g/mol. The van der Waals surface area contributed by atoms with E-state index in [1.807, 2.05) is 6.08 Å². The van der Waals surface area contributed by atoms with Gasteiger partial charge in [0.15, 0.2) is 12.6 Å². The van der Waals surface area contributed by atoms with Crippen molar-refractivity contribution in [3.63, 3.8) is 0 Å². The Kier molecular flexibility index (Phi) is 53.0. The van der Waals surface area contributed by atoms with Crippen LogP contribution in [-0.4, -0.2) is 215 Å². The maximum Gasteiger partial charge on any atom is 0.364 e. The second kappa shape index (κ2) is 58.0. The number of aliphatic carboxylic acids is 1. The highest BCUT2D eigenvalue weighted by molar-refractivity contribution is 5.77. The molecule has 3 rings (SSSR count). The van der Waals surface area contributed by atoms with Gasteiger partial charge in [-0.3, -0.25) is 9.59 Å². The quantitative estimate of drug-likeness (QED) is 0.0199. The molecule has 3 fully saturated rings. The van der Waals surface area contributed by atoms with Crippen LogP contribution in [0.2, 0.25) is 0 Å². The van der Waals surface area contributed by atoms with Gasteiger partial charge in [0, 0.05) is 19.8 Å². The lowest BCUT2D eigenvalue weighted by Crippen LogP contribution is -2.70. The zero-order chi connectivity index (χ0) is 74.6. The van der Waals surface area contributed by atoms with Crippen molar-refractivity contribution in [2.75, 3.05) is 26.4 Å². The molecule has 0 bridgehead atoms. The molecule has 18 atom stereocenters. The van der Waals surface area contributed by atoms with Crippen LogP contribution in [-0.2, 0) is 42.8 Å². The van der Waals surface area contributed by atoms with Crippen molar-refractivity contribution < 1.29 is 104 Å². The molecule has 0 spiro atoms. The highest BCUT2D eigenvalue weighted by Crippen LogP contribution is 2.39. The van der Waals surface area contributed by atoms with Gasteiger partial charge in [-0.1, -0.05) is 275 Å². The van der Waals surface area contributed by atoms with Gasteiger partial charge in [0.25, 0.3) is 5.79 Å². The normalized spacial score (nSPS) is 26.8. The summed E-state index contributed by atoms with van der Waals surface area (Å²) in [6, 6.07) is -2.62. The van der Waals surface area contributed by atoms with E-state index in [2.05, 4.69) is 48.8 Å². The summed E-state index contributed by atoms with van der Waals surface area (Å²) in [5.74, 6) is -6.14. The van der Waals surface area contributed by atoms with E-state index in [0.717, 1.165) is 71.1 Å². The number of carboxylic acids is 1. The standard InChI is InChI=1S/C79H144N2O21/c1-4-6-8-10-12-14-15-16-17-18-19-20-21-22-23-24-25-26-27-28-29-30-31-32-33-34-35-36-37-38-39-40-41-42-43-45-47-49-51-53-66(89)81-60(61(86)52-50-48-46-44-13-11-9-7-5-2)58-97-76-71(93)70(92)73(65(57-84)99-76)100-77-72(94)75(69(91)64(56-83)98-77)102-79(78(95)96)54-62(87)67(80-59(3)85)74(101-79)68(90)63(88)55-82/h25-26,28-29,50,52,60-65,67-77,82-84,86-88,90-94H,4-24,27,30-49,51,53-58H2,1-3H3,(H,80,85)(H,81,89)(H,95,96)/b26-25-,29-28-,52-50+. The van der Waals surface area contributed by atoms with Crippen molar-refractivity contribution in [2.24, 2.45) is 0 Å². The summed E-state index contributed by atoms with van der Waals surface area (Å²) in [6.45, 7) is 2.11. The van der Waals surface area contributed by atoms with Crippen molar-refractivity contribution in [1.29, 1.82) is 0 Å². The summed E-state index contributed by atoms with van der Waals surface area (Å²) in [5.41, 5.74) is 0. The number of ether oxygens (including phenoxy) is 6. The number of unbranched alkanes of at least 4 members (excludes halogenated alkanes) is 39. The highest BCUT2D eigenvalue weighted by atomic mass is 16.8. The Bertz CT molecular complexity index is 2180. The van der Waals surface area contributed by atoms with Gasteiger partial charge in [-0.2, -0.15) is 0 Å². The zero-order valence-corrected chi connectivity index (χ0v) is 63.0. The molecule has 0 aromatic carbocycles. The molecule has 23 nitrogen and oxygen atoms in total. The first-order chi connectivity index (χ1) is 49.4. The van der Waals surface area contributed by atoms with E-state index >= 15 is 0 Å². The summed E-state index contributed by atoms with van der Waals surface area (Å²) in [7, 11) is 0. The van der Waals surface area contributed by atoms with E-state index in [1.165, 1.54) is 199 Å². The summed E-state index contributed by atoms with van der Waals surface area (Å²) in [6.07, 6.45) is 36.9. The summed E-state index contributed by atoms with van der Waals surface area (Å²) in [4.78, 5) is 38.5. The molecule has 3 saturated heterocycles. The Morgan fingerprint density at radius 1 is 0.520 bits per heavy atom. The maximum atomic E-state index is 13.5. The van der Waals surface area contributed by atoms with E-state index in [4.69, 9.17) is 28.4 Å². The molecule has 23 heteroatoms. The fraction of sp³-hybridized carbons (Fsp3) is 0.886. The lowest BCUT2D eigenvalue weighted by molar-refractivity contribution is -0.386. The van der Waals surface area contributed by atoms with Crippen LogP contribution in [0.1, 0.15) is 310 Å². The number of aliphatic hydroxyl groups is 11. The van der Waals surface area contributed by atoms with E-state index in [1.54, 1.807) is 6.08 Å². The average molecular weight is 1460 g/mol. The number of aliphatic hydroxyl groups excluding tert-OH is 11. The summed E-state index contributed by atoms with van der Waals surface area (Å²) in [5, 5.41) is 136. The minimum atomic E-state index is -3.08. The smallest absolute Gasteiger partial charge is 0.364 e. The first kappa shape index (κ1) is 93.2. The van der Waals surface area contributed by atoms with Gasteiger partial charge in [-0.25, -0.2) is 4.79 Å². The van der Waals surface area contributed by atoms with Crippen LogP contribution in [0.3, 0.4) is 0 Å². The first-order valence-corrected chi connectivity index (χ1v) is 40.4. The first-order valence-electron chi connectivity index (χ1n) is 40.4. The van der Waals surface area contributed by atoms with Gasteiger partial charge in [0.05, 0.1) is 50.7 Å². The van der Waals surface area contributed by atoms with Gasteiger partial charge >= 0.3 is 5.97 Å². The van der Waals surface area contributed by atoms with Crippen molar-refractivity contribution in [1.82, 2.24) is 10.6 Å². The van der Waals surface area contributed by atoms with Gasteiger partial charge in [0.2, 0.25) is 11.8 Å². The Morgan fingerprint density at radius 2 is 0.951 bits per heavy atom. The number of nitrogens with one attached hydrogen (secondary N) is 2. The number of amides is 2. The lowest BCUT2D eigenvalue weighted by Gasteiger charge is -2.50. The second-order valence-corrected chi connectivity index (χ2v) is 29.3. The van der Waals surface area contributed by atoms with Gasteiger partial charge in [0.1, 0.15) is 67.1 Å². The number of carboxylic acid groups (broad SMARTS) is 1. The van der Waals surface area contributed by atoms with Crippen LogP contribution in [0, 0.1) is 0 Å². The third kappa shape index (κ3) is 38.2. The number of carbonyl (C=O) groups excluding carboxylic acids is 2. The SMILES string of the molecule is CCCCCCCCC/C=C/C(O)C(COC1OC(CO)C(OC2OC(CO)C(O)C(OC3(C(=O)O)CC(O)C(NC(C)=O)C(C(O)C(O)CO)O3)C2O)C(O)C1O)NC(=O)CCCCCCCCCCCCCCCCCCC/C=C\C/C=C\CCCCCCCCCCCCCCCCC. The maximum absolute atomic E-state index is 13.5. The molecular formula is C79H144N2O21. The molecule has 14 N–H and O–H groups in total. The van der Waals surface area contributed by atoms with Gasteiger partial charge in [-0.05, 0) is 51.4 Å². The number of carbonyl (C=O) groups is 3. The molecular weight excluding hydrogens is 1310 g/mol. The van der Waals surface area contributed by atoms with E-state index < -0.39 is 155 Å². The molecule has 18 unspecified atom stereocenters. The third-order valence-corrected chi connectivity index (χ3v) is 20.3. The lowest BCUT2D eigenvalue weighted by atomic mass is 9.88. The van der Waals surface area contributed by atoms with Crippen LogP contribution in [0.15, 0.2) is 36.5 Å². The van der Waals surface area contributed by atoms with Crippen molar-refractivity contribution in [3.05, 3.63) is 36.5 Å². The van der Waals surface area contributed by atoms with E-state index in [9.17, 15) is 75.7 Å². The molecule has 102 heavy (non-hydrogen) atoms. The molecule has 0 radical (unpaired) electrons. The fourth-order valence-corrected chi connectivity index (χ4v) is 13.9. The third-order valence-electron chi connectivity index (χ3n) is 20.3. The molecule has 3 aliphatic heterocycles. The molecule has 0 aromatic heterocycles. The van der Waals surface area contributed by atoms with Crippen LogP contribution >= 0.6 is 0 Å². The van der Waals surface area contributed by atoms with Crippen molar-refractivity contribution in [2.45, 2.75) is 420 Å². The Morgan fingerprint density at radius 3 is 1.38 bits per heavy atom. The van der Waals surface area contributed by atoms with Gasteiger partial charge in [-0.15, -0.1) is 0 Å². The molecule has 3 heterocycles. The van der Waals surface area contributed by atoms with Crippen LogP contribution in [0.5, 0.6) is 0 Å². The number of allylic oxidation sites excluding steroid dienone is 5. The summed E-state index contributed by atoms with van der Waals surface area (Å²) >= 11 is 0. The molecule has 0 saturated carbocycles. The van der Waals surface area contributed by atoms with E-state index in [0.29, 0.717) is 12.8 Å². The summed E-state index contributed by atoms with van der Waals surface area (Å²) < 4.78 is 34.8. The van der Waals surface area contributed by atoms with Crippen molar-refractivity contribution >= 4 is 17.8 Å². The largest absolute Gasteiger partial charge is 0.477 e. The fourth-order valence-electron chi connectivity index (χ4n) is 13.9. The highest BCUT2D eigenvalue weighted by Gasteiger charge is 2.60. The van der Waals surface area contributed by atoms with Crippen LogP contribution in [0.25, 0.3) is 0 Å². The predicted molar refractivity (Wildman–Crippen MR) is 394 cm³/mol. The minimum absolute atomic E-state index is 0.201. The predicted octanol–water partition coefficient (Wildman–Crippen LogP) is 10.5. The number of rotatable bonds is 63. The van der Waals surface area contributed by atoms with Crippen LogP contribution in [0.4, 0.5) is 0 Å². The average Bonchev–Trinajstić information content (AvgIpc) is 0.756. The van der Waals surface area contributed by atoms with Crippen LogP contribution < -0.4 is 10.6 Å². The molecule has 3 aliphatic rings. The molecule has 596 valence electrons. The molecule has 0 aliphatic carbocycles.